The van der Waals surface area contributed by atoms with Crippen LogP contribution in [0.25, 0.3) is 0 Å². The van der Waals surface area contributed by atoms with Gasteiger partial charge in [0.05, 0.1) is 0 Å². The summed E-state index contributed by atoms with van der Waals surface area (Å²) in [4.78, 5) is 27.4. The molecule has 1 aromatic carbocycles. The van der Waals surface area contributed by atoms with E-state index in [1.807, 2.05) is 43.3 Å². The third-order valence-electron chi connectivity index (χ3n) is 4.64. The number of benzene rings is 1. The zero-order valence-corrected chi connectivity index (χ0v) is 16.2. The number of carbonyl (C=O) groups excluding carboxylic acids is 2. The first-order valence-corrected chi connectivity index (χ1v) is 10.3. The van der Waals surface area contributed by atoms with Gasteiger partial charge in [-0.1, -0.05) is 17.7 Å². The zero-order chi connectivity index (χ0) is 18.2. The summed E-state index contributed by atoms with van der Waals surface area (Å²) in [5.41, 5.74) is 1.64. The molecule has 1 saturated heterocycles. The highest BCUT2D eigenvalue weighted by Crippen LogP contribution is 2.14. The molecule has 0 saturated carbocycles. The number of likely N-dealkylation sites (tertiary alicyclic amines) is 1. The molecule has 0 aliphatic carbocycles. The number of carbonyl (C=O) groups is 2. The molecule has 0 aromatic heterocycles. The molecule has 2 rings (SSSR count). The Hall–Kier alpha value is -1.53. The number of amides is 2. The topological polar surface area (TPSA) is 61.4 Å². The summed E-state index contributed by atoms with van der Waals surface area (Å²) in [6.07, 6.45) is 4.75. The third kappa shape index (κ3) is 5.75. The van der Waals surface area contributed by atoms with Crippen molar-refractivity contribution in [3.63, 3.8) is 0 Å². The molecule has 6 heteroatoms. The minimum absolute atomic E-state index is 0.0370. The van der Waals surface area contributed by atoms with E-state index in [9.17, 15) is 9.59 Å². The minimum Gasteiger partial charge on any atom is -0.340 e. The van der Waals surface area contributed by atoms with Crippen LogP contribution in [-0.2, 0) is 4.79 Å². The number of hydrogen-bond donors (Lipinski definition) is 2. The molecular formula is C19H29N3O2S. The monoisotopic (exact) mass is 363 g/mol. The standard InChI is InChI=1S/C19H29N3O2S/c1-14-6-4-7-15(12-14)18(23)21-17(9-11-25-3)19(24)22-10-5-8-16(13-22)20-2/h4,6-7,12,16-17,20H,5,8-11,13H2,1-3H3,(H,21,23). The molecule has 138 valence electrons. The Morgan fingerprint density at radius 2 is 2.20 bits per heavy atom. The first kappa shape index (κ1) is 19.8. The van der Waals surface area contributed by atoms with Gasteiger partial charge in [0.15, 0.2) is 0 Å². The highest BCUT2D eigenvalue weighted by atomic mass is 32.2. The van der Waals surface area contributed by atoms with E-state index in [0.29, 0.717) is 24.6 Å². The van der Waals surface area contributed by atoms with E-state index >= 15 is 0 Å². The van der Waals surface area contributed by atoms with Gasteiger partial charge in [0.1, 0.15) is 6.04 Å². The fourth-order valence-electron chi connectivity index (χ4n) is 3.15. The molecule has 5 nitrogen and oxygen atoms in total. The summed E-state index contributed by atoms with van der Waals surface area (Å²) in [7, 11) is 1.93. The van der Waals surface area contributed by atoms with Crippen LogP contribution < -0.4 is 10.6 Å². The van der Waals surface area contributed by atoms with Crippen molar-refractivity contribution in [3.05, 3.63) is 35.4 Å². The maximum atomic E-state index is 13.0. The summed E-state index contributed by atoms with van der Waals surface area (Å²) in [5.74, 6) is 0.702. The molecule has 1 aliphatic heterocycles. The van der Waals surface area contributed by atoms with Crippen LogP contribution in [0, 0.1) is 6.92 Å². The van der Waals surface area contributed by atoms with E-state index in [2.05, 4.69) is 10.6 Å². The Kier molecular flexibility index (Phi) is 7.78. The second-order valence-corrected chi connectivity index (χ2v) is 7.57. The molecule has 2 amide bonds. The van der Waals surface area contributed by atoms with Crippen LogP contribution in [0.3, 0.4) is 0 Å². The van der Waals surface area contributed by atoms with Crippen LogP contribution in [0.1, 0.15) is 35.2 Å². The Balaban J connectivity index is 2.06. The first-order valence-electron chi connectivity index (χ1n) is 8.87. The van der Waals surface area contributed by atoms with Crippen molar-refractivity contribution >= 4 is 23.6 Å². The second-order valence-electron chi connectivity index (χ2n) is 6.59. The highest BCUT2D eigenvalue weighted by Gasteiger charge is 2.29. The lowest BCUT2D eigenvalue weighted by atomic mass is 10.0. The Labute approximate surface area is 154 Å². The van der Waals surface area contributed by atoms with Gasteiger partial charge in [-0.25, -0.2) is 0 Å². The van der Waals surface area contributed by atoms with Crippen molar-refractivity contribution in [2.75, 3.05) is 32.1 Å². The maximum Gasteiger partial charge on any atom is 0.251 e. The number of nitrogens with zero attached hydrogens (tertiary/aromatic N) is 1. The Morgan fingerprint density at radius 1 is 1.40 bits per heavy atom. The van der Waals surface area contributed by atoms with Crippen molar-refractivity contribution in [2.45, 2.75) is 38.3 Å². The molecule has 1 aliphatic rings. The molecule has 1 fully saturated rings. The number of nitrogens with one attached hydrogen (secondary N) is 2. The van der Waals surface area contributed by atoms with Crippen molar-refractivity contribution in [2.24, 2.45) is 0 Å². The summed E-state index contributed by atoms with van der Waals surface area (Å²) in [6, 6.07) is 7.34. The maximum absolute atomic E-state index is 13.0. The smallest absolute Gasteiger partial charge is 0.251 e. The van der Waals surface area contributed by atoms with Gasteiger partial charge in [0.25, 0.3) is 5.91 Å². The average Bonchev–Trinajstić information content (AvgIpc) is 2.64. The average molecular weight is 364 g/mol. The highest BCUT2D eigenvalue weighted by molar-refractivity contribution is 7.98. The molecule has 1 heterocycles. The largest absolute Gasteiger partial charge is 0.340 e. The second kappa shape index (κ2) is 9.82. The van der Waals surface area contributed by atoms with E-state index < -0.39 is 6.04 Å². The summed E-state index contributed by atoms with van der Waals surface area (Å²) < 4.78 is 0. The predicted molar refractivity (Wildman–Crippen MR) is 104 cm³/mol. The number of piperidine rings is 1. The summed E-state index contributed by atoms with van der Waals surface area (Å²) in [5, 5.41) is 6.22. The van der Waals surface area contributed by atoms with Gasteiger partial charge in [-0.2, -0.15) is 11.8 Å². The van der Waals surface area contributed by atoms with E-state index in [0.717, 1.165) is 30.7 Å². The van der Waals surface area contributed by atoms with Crippen molar-refractivity contribution in [3.8, 4) is 0 Å². The fourth-order valence-corrected chi connectivity index (χ4v) is 3.63. The van der Waals surface area contributed by atoms with Gasteiger partial charge in [-0.05, 0) is 57.4 Å². The van der Waals surface area contributed by atoms with Gasteiger partial charge in [-0.3, -0.25) is 9.59 Å². The van der Waals surface area contributed by atoms with Gasteiger partial charge in [-0.15, -0.1) is 0 Å². The number of likely N-dealkylation sites (N-methyl/N-ethyl adjacent to an activating group) is 1. The molecule has 1 aromatic rings. The summed E-state index contributed by atoms with van der Waals surface area (Å²) >= 11 is 1.69. The fraction of sp³-hybridized carbons (Fsp3) is 0.579. The zero-order valence-electron chi connectivity index (χ0n) is 15.4. The predicted octanol–water partition coefficient (Wildman–Crippen LogP) is 2.06. The van der Waals surface area contributed by atoms with Gasteiger partial charge in [0, 0.05) is 24.7 Å². The lowest BCUT2D eigenvalue weighted by Gasteiger charge is -2.35. The number of thioether (sulfide) groups is 1. The van der Waals surface area contributed by atoms with Gasteiger partial charge < -0.3 is 15.5 Å². The normalized spacial score (nSPS) is 18.7. The molecule has 0 radical (unpaired) electrons. The van der Waals surface area contributed by atoms with Crippen LogP contribution in [-0.4, -0.2) is 60.9 Å². The van der Waals surface area contributed by atoms with Crippen LogP contribution >= 0.6 is 11.8 Å². The SMILES string of the molecule is CNC1CCCN(C(=O)C(CCSC)NC(=O)c2cccc(C)c2)C1. The van der Waals surface area contributed by atoms with Crippen LogP contribution in [0.2, 0.25) is 0 Å². The van der Waals surface area contributed by atoms with Crippen LogP contribution in [0.5, 0.6) is 0 Å². The van der Waals surface area contributed by atoms with Crippen molar-refractivity contribution in [1.29, 1.82) is 0 Å². The van der Waals surface area contributed by atoms with E-state index in [1.54, 1.807) is 17.8 Å². The van der Waals surface area contributed by atoms with Crippen LogP contribution in [0.15, 0.2) is 24.3 Å². The molecule has 0 spiro atoms. The van der Waals surface area contributed by atoms with Crippen LogP contribution in [0.4, 0.5) is 0 Å². The Bertz CT molecular complexity index is 594. The lowest BCUT2D eigenvalue weighted by Crippen LogP contribution is -2.54. The number of hydrogen-bond acceptors (Lipinski definition) is 4. The van der Waals surface area contributed by atoms with E-state index in [1.165, 1.54) is 0 Å². The van der Waals surface area contributed by atoms with E-state index in [4.69, 9.17) is 0 Å². The van der Waals surface area contributed by atoms with E-state index in [-0.39, 0.29) is 11.8 Å². The van der Waals surface area contributed by atoms with Crippen molar-refractivity contribution < 1.29 is 9.59 Å². The number of aryl methyl sites for hydroxylation is 1. The molecule has 0 bridgehead atoms. The lowest BCUT2D eigenvalue weighted by molar-refractivity contribution is -0.134. The number of rotatable bonds is 7. The molecule has 25 heavy (non-hydrogen) atoms. The molecular weight excluding hydrogens is 334 g/mol. The van der Waals surface area contributed by atoms with Gasteiger partial charge in [0.2, 0.25) is 5.91 Å². The quantitative estimate of drug-likeness (QED) is 0.778. The molecule has 2 N–H and O–H groups in total. The summed E-state index contributed by atoms with van der Waals surface area (Å²) in [6.45, 7) is 3.44. The first-order chi connectivity index (χ1) is 12.0. The Morgan fingerprint density at radius 3 is 2.88 bits per heavy atom. The van der Waals surface area contributed by atoms with Gasteiger partial charge >= 0.3 is 0 Å². The third-order valence-corrected chi connectivity index (χ3v) is 5.28. The molecule has 2 unspecified atom stereocenters. The minimum atomic E-state index is -0.462. The van der Waals surface area contributed by atoms with Crippen molar-refractivity contribution in [1.82, 2.24) is 15.5 Å². The molecule has 2 atom stereocenters.